The molecule has 1 N–H and O–H groups in total. The third-order valence-corrected chi connectivity index (χ3v) is 3.81. The van der Waals surface area contributed by atoms with E-state index in [-0.39, 0.29) is 11.8 Å². The van der Waals surface area contributed by atoms with Crippen LogP contribution in [0.3, 0.4) is 0 Å². The molecule has 1 aromatic heterocycles. The molecule has 0 aliphatic heterocycles. The van der Waals surface area contributed by atoms with E-state index in [2.05, 4.69) is 20.4 Å². The Hall–Kier alpha value is -2.70. The Morgan fingerprint density at radius 3 is 2.38 bits per heavy atom. The first-order valence-corrected chi connectivity index (χ1v) is 8.32. The van der Waals surface area contributed by atoms with E-state index in [1.807, 2.05) is 12.1 Å². The van der Waals surface area contributed by atoms with Crippen LogP contribution in [0.15, 0.2) is 59.9 Å². The molecule has 0 aliphatic rings. The summed E-state index contributed by atoms with van der Waals surface area (Å²) in [6, 6.07) is 14.1. The highest BCUT2D eigenvalue weighted by molar-refractivity contribution is 6.30. The molecule has 2 aromatic carbocycles. The standard InChI is InChI=1S/C18H13Cl2FN4O/c19-14-5-1-12(2-6-14)9-22-17-16(21)11-23-18(25-17)26-24-10-13-3-7-15(20)8-4-13/h1-8,10-11H,9H2,(H,22,23,25)/b24-10+. The predicted octanol–water partition coefficient (Wildman–Crippen LogP) is 4.95. The highest BCUT2D eigenvalue weighted by Crippen LogP contribution is 2.16. The Bertz CT molecular complexity index is 902. The minimum Gasteiger partial charge on any atom is -0.363 e. The minimum atomic E-state index is -0.590. The van der Waals surface area contributed by atoms with Gasteiger partial charge < -0.3 is 10.2 Å². The third-order valence-electron chi connectivity index (χ3n) is 3.30. The summed E-state index contributed by atoms with van der Waals surface area (Å²) < 4.78 is 13.8. The van der Waals surface area contributed by atoms with Crippen molar-refractivity contribution in [1.82, 2.24) is 9.97 Å². The summed E-state index contributed by atoms with van der Waals surface area (Å²) in [5, 5.41) is 7.93. The summed E-state index contributed by atoms with van der Waals surface area (Å²) in [7, 11) is 0. The fourth-order valence-corrected chi connectivity index (χ4v) is 2.24. The molecule has 3 aromatic rings. The number of hydrogen-bond donors (Lipinski definition) is 1. The number of aromatic nitrogens is 2. The second-order valence-electron chi connectivity index (χ2n) is 5.21. The lowest BCUT2D eigenvalue weighted by Gasteiger charge is -2.07. The lowest BCUT2D eigenvalue weighted by Crippen LogP contribution is -2.05. The predicted molar refractivity (Wildman–Crippen MR) is 100 cm³/mol. The number of anilines is 1. The second kappa shape index (κ2) is 8.60. The van der Waals surface area contributed by atoms with Crippen molar-refractivity contribution in [2.75, 3.05) is 5.32 Å². The van der Waals surface area contributed by atoms with E-state index in [4.69, 9.17) is 28.0 Å². The van der Waals surface area contributed by atoms with E-state index in [1.165, 1.54) is 6.21 Å². The zero-order valence-corrected chi connectivity index (χ0v) is 14.9. The van der Waals surface area contributed by atoms with Crippen molar-refractivity contribution in [2.24, 2.45) is 5.16 Å². The first-order chi connectivity index (χ1) is 12.6. The van der Waals surface area contributed by atoms with Gasteiger partial charge in [0.05, 0.1) is 12.4 Å². The van der Waals surface area contributed by atoms with Crippen LogP contribution < -0.4 is 10.2 Å². The maximum Gasteiger partial charge on any atom is 0.347 e. The number of nitrogens with zero attached hydrogens (tertiary/aromatic N) is 3. The number of halogens is 3. The van der Waals surface area contributed by atoms with Gasteiger partial charge in [0.1, 0.15) is 0 Å². The Morgan fingerprint density at radius 2 is 1.69 bits per heavy atom. The van der Waals surface area contributed by atoms with Gasteiger partial charge in [0.25, 0.3) is 0 Å². The molecule has 0 unspecified atom stereocenters. The number of rotatable bonds is 6. The highest BCUT2D eigenvalue weighted by atomic mass is 35.5. The van der Waals surface area contributed by atoms with Crippen molar-refractivity contribution in [2.45, 2.75) is 6.54 Å². The highest BCUT2D eigenvalue weighted by Gasteiger charge is 2.08. The molecule has 3 rings (SSSR count). The molecule has 26 heavy (non-hydrogen) atoms. The van der Waals surface area contributed by atoms with Gasteiger partial charge in [0, 0.05) is 16.6 Å². The number of benzene rings is 2. The van der Waals surface area contributed by atoms with E-state index in [0.29, 0.717) is 16.6 Å². The van der Waals surface area contributed by atoms with E-state index in [9.17, 15) is 4.39 Å². The Labute approximate surface area is 159 Å². The number of nitrogens with one attached hydrogen (secondary N) is 1. The summed E-state index contributed by atoms with van der Waals surface area (Å²) in [6.07, 6.45) is 2.49. The van der Waals surface area contributed by atoms with Crippen LogP contribution >= 0.6 is 23.2 Å². The van der Waals surface area contributed by atoms with Gasteiger partial charge in [-0.15, -0.1) is 0 Å². The molecule has 5 nitrogen and oxygen atoms in total. The molecule has 0 spiro atoms. The van der Waals surface area contributed by atoms with Crippen molar-refractivity contribution in [3.05, 3.63) is 81.7 Å². The van der Waals surface area contributed by atoms with Crippen LogP contribution in [0.25, 0.3) is 0 Å². The van der Waals surface area contributed by atoms with Gasteiger partial charge in [0.15, 0.2) is 11.6 Å². The summed E-state index contributed by atoms with van der Waals surface area (Å²) in [5.41, 5.74) is 1.72. The van der Waals surface area contributed by atoms with Crippen LogP contribution in [0.4, 0.5) is 10.2 Å². The van der Waals surface area contributed by atoms with Gasteiger partial charge in [-0.05, 0) is 35.4 Å². The molecule has 0 aliphatic carbocycles. The van der Waals surface area contributed by atoms with Crippen molar-refractivity contribution in [3.8, 4) is 6.01 Å². The van der Waals surface area contributed by atoms with Gasteiger partial charge in [-0.2, -0.15) is 9.97 Å². The first kappa shape index (κ1) is 18.1. The van der Waals surface area contributed by atoms with Crippen molar-refractivity contribution >= 4 is 35.2 Å². The van der Waals surface area contributed by atoms with Gasteiger partial charge in [-0.25, -0.2) is 4.39 Å². The second-order valence-corrected chi connectivity index (χ2v) is 6.08. The summed E-state index contributed by atoms with van der Waals surface area (Å²) >= 11 is 11.6. The summed E-state index contributed by atoms with van der Waals surface area (Å²) in [4.78, 5) is 12.8. The SMILES string of the molecule is Fc1cnc(O/N=C/c2ccc(Cl)cc2)nc1NCc1ccc(Cl)cc1. The van der Waals surface area contributed by atoms with Gasteiger partial charge in [-0.3, -0.25) is 0 Å². The molecule has 1 heterocycles. The molecular weight excluding hydrogens is 378 g/mol. The average molecular weight is 391 g/mol. The van der Waals surface area contributed by atoms with E-state index in [0.717, 1.165) is 17.3 Å². The molecule has 132 valence electrons. The van der Waals surface area contributed by atoms with Crippen molar-refractivity contribution < 1.29 is 9.23 Å². The molecule has 0 saturated carbocycles. The molecule has 0 bridgehead atoms. The lowest BCUT2D eigenvalue weighted by molar-refractivity contribution is 0.314. The van der Waals surface area contributed by atoms with E-state index >= 15 is 0 Å². The number of hydrogen-bond acceptors (Lipinski definition) is 5. The van der Waals surface area contributed by atoms with Gasteiger partial charge in [0.2, 0.25) is 0 Å². The molecule has 0 amide bonds. The van der Waals surface area contributed by atoms with Crippen LogP contribution in [0.5, 0.6) is 6.01 Å². The lowest BCUT2D eigenvalue weighted by atomic mass is 10.2. The van der Waals surface area contributed by atoms with Crippen molar-refractivity contribution in [1.29, 1.82) is 0 Å². The Kier molecular flexibility index (Phi) is 5.99. The zero-order chi connectivity index (χ0) is 18.4. The molecule has 0 fully saturated rings. The maximum atomic E-state index is 13.8. The van der Waals surface area contributed by atoms with Crippen LogP contribution in [0.1, 0.15) is 11.1 Å². The molecule has 0 radical (unpaired) electrons. The topological polar surface area (TPSA) is 59.4 Å². The maximum absolute atomic E-state index is 13.8. The number of oxime groups is 1. The molecule has 8 heteroatoms. The molecular formula is C18H13Cl2FN4O. The van der Waals surface area contributed by atoms with Crippen LogP contribution in [-0.2, 0) is 6.54 Å². The summed E-state index contributed by atoms with van der Waals surface area (Å²) in [5.74, 6) is -0.570. The van der Waals surface area contributed by atoms with E-state index in [1.54, 1.807) is 36.4 Å². The molecule has 0 saturated heterocycles. The zero-order valence-electron chi connectivity index (χ0n) is 13.4. The monoisotopic (exact) mass is 390 g/mol. The Balaban J connectivity index is 1.63. The van der Waals surface area contributed by atoms with Crippen LogP contribution in [0.2, 0.25) is 10.0 Å². The van der Waals surface area contributed by atoms with Gasteiger partial charge >= 0.3 is 6.01 Å². The first-order valence-electron chi connectivity index (χ1n) is 7.57. The Morgan fingerprint density at radius 1 is 1.04 bits per heavy atom. The van der Waals surface area contributed by atoms with Crippen molar-refractivity contribution in [3.63, 3.8) is 0 Å². The minimum absolute atomic E-state index is 0.0200. The fraction of sp³-hybridized carbons (Fsp3) is 0.0556. The molecule has 0 atom stereocenters. The van der Waals surface area contributed by atoms with Gasteiger partial charge in [-0.1, -0.05) is 52.6 Å². The van der Waals surface area contributed by atoms with Crippen LogP contribution in [0, 0.1) is 5.82 Å². The largest absolute Gasteiger partial charge is 0.363 e. The quantitative estimate of drug-likeness (QED) is 0.477. The fourth-order valence-electron chi connectivity index (χ4n) is 1.99. The van der Waals surface area contributed by atoms with Crippen LogP contribution in [-0.4, -0.2) is 16.2 Å². The average Bonchev–Trinajstić information content (AvgIpc) is 2.65. The van der Waals surface area contributed by atoms with E-state index < -0.39 is 5.82 Å². The normalized spacial score (nSPS) is 10.9. The smallest absolute Gasteiger partial charge is 0.347 e. The third kappa shape index (κ3) is 5.15. The summed E-state index contributed by atoms with van der Waals surface area (Å²) in [6.45, 7) is 0.374.